The number of hydrogen-bond donors (Lipinski definition) is 7. The Balaban J connectivity index is 0.000000151. The summed E-state index contributed by atoms with van der Waals surface area (Å²) in [5, 5.41) is 45.1. The van der Waals surface area contributed by atoms with Crippen LogP contribution in [0, 0.1) is 10.1 Å². The van der Waals surface area contributed by atoms with Crippen molar-refractivity contribution in [1.82, 2.24) is 9.97 Å². The number of sulfonamides is 2. The van der Waals surface area contributed by atoms with Crippen LogP contribution in [0.2, 0.25) is 0 Å². The second-order valence-electron chi connectivity index (χ2n) is 17.8. The molecule has 0 aliphatic heterocycles. The lowest BCUT2D eigenvalue weighted by atomic mass is 10.2. The molecule has 0 atom stereocenters. The molecule has 0 fully saturated rings. The van der Waals surface area contributed by atoms with Crippen LogP contribution in [0.5, 0.6) is 28.7 Å². The molecule has 11 aromatic rings. The number of nitrogens with one attached hydrogen (secondary N) is 4. The molecule has 87 heavy (non-hydrogen) atoms. The molecule has 0 radical (unpaired) electrons. The van der Waals surface area contributed by atoms with Gasteiger partial charge in [0.15, 0.2) is 30.1 Å². The minimum absolute atomic E-state index is 0.0275. The largest absolute Gasteiger partial charge is 0.507 e. The lowest BCUT2D eigenvalue weighted by molar-refractivity contribution is -0.385. The lowest BCUT2D eigenvalue weighted by Crippen LogP contribution is -2.13. The molecule has 2 aromatic heterocycles. The molecule has 0 saturated carbocycles. The number of benzene rings is 9. The fourth-order valence-electron chi connectivity index (χ4n) is 7.53. The average Bonchev–Trinajstić information content (AvgIpc) is 4.00. The van der Waals surface area contributed by atoms with Crippen molar-refractivity contribution in [3.8, 4) is 51.4 Å². The number of phenols is 3. The topological polar surface area (TPSA) is 316 Å². The number of para-hydroxylation sites is 5. The number of aromatic hydroxyl groups is 3. The number of hydrogen-bond acceptors (Lipinski definition) is 16. The van der Waals surface area contributed by atoms with E-state index in [1.807, 2.05) is 36.4 Å². The lowest BCUT2D eigenvalue weighted by Gasteiger charge is -2.13. The van der Waals surface area contributed by atoms with Crippen molar-refractivity contribution in [3.63, 3.8) is 0 Å². The molecular weight excluding hydrogens is 1290 g/mol. The third-order valence-corrected chi connectivity index (χ3v) is 15.5. The van der Waals surface area contributed by atoms with Crippen LogP contribution < -0.4 is 24.8 Å². The van der Waals surface area contributed by atoms with Gasteiger partial charge in [-0.3, -0.25) is 29.1 Å². The summed E-state index contributed by atoms with van der Waals surface area (Å²) < 4.78 is 71.5. The molecule has 0 spiro atoms. The van der Waals surface area contributed by atoms with Crippen LogP contribution in [-0.2, 0) is 20.0 Å². The standard InChI is InChI=1S/C19H14BrNO3.C15H11N3O5S.C15H12N2O3S.C13H10BrNO3/c20-13-10-11-17(22)15(12-13)19(23)21-16-8-4-5-9-18(16)24-14-6-2-1-3-7-14;19-18(20)13-2-1-3-14(8-13)24(21,22)17-12-6-4-11(5-7-12)15-9-16-10-23-15;18-21(19,14-4-2-1-3-5-14)17-13-8-6-12(7-9-13)15-10-16-11-20-15;14-8-5-6-11(16)9(7-8)13(18)15-10-3-1-2-4-12(10)17/h1-12,22H,(H,21,23);1-10,17H;1-11,17H;1-7,16-17H,(H,15,18). The number of halogens is 2. The molecule has 2 heterocycles. The number of aromatic nitrogens is 2. The normalized spacial score (nSPS) is 10.7. The van der Waals surface area contributed by atoms with E-state index in [0.29, 0.717) is 54.7 Å². The molecular formula is C62H47Br2N7O14S2. The maximum absolute atomic E-state index is 12.4. The van der Waals surface area contributed by atoms with Gasteiger partial charge < -0.3 is 39.5 Å². The number of nitrogens with zero attached hydrogens (tertiary/aromatic N) is 3. The van der Waals surface area contributed by atoms with E-state index in [1.165, 1.54) is 55.3 Å². The van der Waals surface area contributed by atoms with Gasteiger partial charge in [-0.25, -0.2) is 26.8 Å². The molecule has 7 N–H and O–H groups in total. The van der Waals surface area contributed by atoms with Gasteiger partial charge in [0.05, 0.1) is 49.6 Å². The summed E-state index contributed by atoms with van der Waals surface area (Å²) in [7, 11) is -7.49. The first-order chi connectivity index (χ1) is 41.8. The summed E-state index contributed by atoms with van der Waals surface area (Å²) in [5.41, 5.74) is 3.21. The highest BCUT2D eigenvalue weighted by atomic mass is 79.9. The average molecular weight is 1340 g/mol. The monoisotopic (exact) mass is 1340 g/mol. The van der Waals surface area contributed by atoms with Gasteiger partial charge >= 0.3 is 0 Å². The van der Waals surface area contributed by atoms with Crippen molar-refractivity contribution in [2.75, 3.05) is 20.1 Å². The number of nitro groups is 1. The third-order valence-electron chi connectivity index (χ3n) is 11.8. The van der Waals surface area contributed by atoms with E-state index in [2.05, 4.69) is 61.9 Å². The van der Waals surface area contributed by atoms with E-state index in [9.17, 15) is 51.9 Å². The molecule has 9 aromatic carbocycles. The molecule has 11 rings (SSSR count). The molecule has 0 saturated heterocycles. The van der Waals surface area contributed by atoms with E-state index < -0.39 is 36.8 Å². The summed E-state index contributed by atoms with van der Waals surface area (Å²) in [6.07, 6.45) is 5.79. The van der Waals surface area contributed by atoms with Crippen LogP contribution in [0.4, 0.5) is 28.4 Å². The van der Waals surface area contributed by atoms with Crippen LogP contribution in [0.15, 0.2) is 271 Å². The number of carbonyl (C=O) groups is 2. The molecule has 0 unspecified atom stereocenters. The fraction of sp³-hybridized carbons (Fsp3) is 0. The number of rotatable bonds is 15. The second kappa shape index (κ2) is 29.3. The van der Waals surface area contributed by atoms with E-state index in [4.69, 9.17) is 13.6 Å². The van der Waals surface area contributed by atoms with Gasteiger partial charge in [0.1, 0.15) is 23.0 Å². The summed E-state index contributed by atoms with van der Waals surface area (Å²) in [6.45, 7) is 0. The first-order valence-electron chi connectivity index (χ1n) is 25.3. The molecule has 0 aliphatic rings. The molecule has 2 amide bonds. The smallest absolute Gasteiger partial charge is 0.270 e. The molecule has 21 nitrogen and oxygen atoms in total. The number of non-ortho nitro benzene ring substituents is 1. The number of nitro benzene ring substituents is 1. The van der Waals surface area contributed by atoms with E-state index >= 15 is 0 Å². The number of phenolic OH excluding ortho intramolecular Hbond substituents is 3. The van der Waals surface area contributed by atoms with E-state index in [-0.39, 0.29) is 43.9 Å². The SMILES string of the molecule is O=C(Nc1ccccc1O)c1cc(Br)ccc1O.O=C(Nc1ccccc1Oc1ccccc1)c1cc(Br)ccc1O.O=S(=O)(Nc1ccc(-c2cnco2)cc1)c1ccccc1.O=[N+]([O-])c1cccc(S(=O)(=O)Nc2ccc(-c3cnco3)cc2)c1. The quantitative estimate of drug-likeness (QED) is 0.0285. The highest BCUT2D eigenvalue weighted by molar-refractivity contribution is 9.10. The summed E-state index contributed by atoms with van der Waals surface area (Å²) in [5.74, 6) is 1.24. The summed E-state index contributed by atoms with van der Waals surface area (Å²) in [4.78, 5) is 42.2. The summed E-state index contributed by atoms with van der Waals surface area (Å²) in [6, 6.07) is 58.5. The van der Waals surface area contributed by atoms with Crippen molar-refractivity contribution < 1.29 is 60.2 Å². The Labute approximate surface area is 514 Å². The predicted octanol–water partition coefficient (Wildman–Crippen LogP) is 14.5. The van der Waals surface area contributed by atoms with E-state index in [1.54, 1.807) is 146 Å². The van der Waals surface area contributed by atoms with Crippen LogP contribution in [-0.4, -0.2) is 58.9 Å². The van der Waals surface area contributed by atoms with Crippen molar-refractivity contribution in [2.45, 2.75) is 9.79 Å². The Morgan fingerprint density at radius 2 is 0.943 bits per heavy atom. The number of carbonyl (C=O) groups excluding carboxylic acids is 2. The Hall–Kier alpha value is -10.6. The van der Waals surface area contributed by atoms with Crippen molar-refractivity contribution in [2.24, 2.45) is 0 Å². The van der Waals surface area contributed by atoms with Crippen LogP contribution in [0.3, 0.4) is 0 Å². The second-order valence-corrected chi connectivity index (χ2v) is 23.0. The number of anilines is 4. The summed E-state index contributed by atoms with van der Waals surface area (Å²) >= 11 is 6.52. The van der Waals surface area contributed by atoms with Gasteiger partial charge in [0.25, 0.3) is 37.5 Å². The Kier molecular flexibility index (Phi) is 21.0. The predicted molar refractivity (Wildman–Crippen MR) is 334 cm³/mol. The molecule has 440 valence electrons. The van der Waals surface area contributed by atoms with Gasteiger partial charge in [-0.2, -0.15) is 0 Å². The van der Waals surface area contributed by atoms with Gasteiger partial charge in [0.2, 0.25) is 0 Å². The molecule has 0 aliphatic carbocycles. The van der Waals surface area contributed by atoms with Gasteiger partial charge in [0, 0.05) is 43.6 Å². The van der Waals surface area contributed by atoms with Crippen LogP contribution in [0.25, 0.3) is 22.6 Å². The van der Waals surface area contributed by atoms with Crippen molar-refractivity contribution in [1.29, 1.82) is 0 Å². The van der Waals surface area contributed by atoms with Gasteiger partial charge in [-0.15, -0.1) is 0 Å². The number of ether oxygens (including phenoxy) is 1. The highest BCUT2D eigenvalue weighted by Crippen LogP contribution is 2.32. The van der Waals surface area contributed by atoms with Crippen molar-refractivity contribution >= 4 is 92.2 Å². The number of amides is 2. The zero-order chi connectivity index (χ0) is 61.9. The fourth-order valence-corrected chi connectivity index (χ4v) is 10.4. The van der Waals surface area contributed by atoms with Gasteiger partial charge in [-0.1, -0.05) is 98.6 Å². The minimum atomic E-state index is -3.93. The third kappa shape index (κ3) is 17.7. The zero-order valence-corrected chi connectivity index (χ0v) is 49.6. The first-order valence-corrected chi connectivity index (χ1v) is 29.9. The molecule has 25 heteroatoms. The van der Waals surface area contributed by atoms with Crippen molar-refractivity contribution in [3.05, 3.63) is 274 Å². The zero-order valence-electron chi connectivity index (χ0n) is 44.8. The first kappa shape index (κ1) is 62.4. The minimum Gasteiger partial charge on any atom is -0.507 e. The van der Waals surface area contributed by atoms with Crippen LogP contribution in [0.1, 0.15) is 20.7 Å². The van der Waals surface area contributed by atoms with Gasteiger partial charge in [-0.05, 0) is 140 Å². The maximum Gasteiger partial charge on any atom is 0.270 e. The van der Waals surface area contributed by atoms with E-state index in [0.717, 1.165) is 17.2 Å². The Morgan fingerprint density at radius 3 is 1.44 bits per heavy atom. The Bertz CT molecular complexity index is 4360. The number of oxazole rings is 2. The highest BCUT2D eigenvalue weighted by Gasteiger charge is 2.20. The Morgan fingerprint density at radius 1 is 0.494 bits per heavy atom. The van der Waals surface area contributed by atoms with Crippen LogP contribution >= 0.6 is 31.9 Å². The maximum atomic E-state index is 12.4. The molecule has 0 bridgehead atoms.